The van der Waals surface area contributed by atoms with Crippen LogP contribution in [-0.4, -0.2) is 36.1 Å². The molecule has 0 saturated carbocycles. The number of halogens is 1. The van der Waals surface area contributed by atoms with E-state index < -0.39 is 0 Å². The van der Waals surface area contributed by atoms with E-state index in [0.29, 0.717) is 6.54 Å². The van der Waals surface area contributed by atoms with Crippen molar-refractivity contribution in [3.05, 3.63) is 39.5 Å². The van der Waals surface area contributed by atoms with Gasteiger partial charge in [-0.25, -0.2) is 9.97 Å². The van der Waals surface area contributed by atoms with Crippen LogP contribution in [0.15, 0.2) is 23.3 Å². The number of aliphatic imine (C=N–C) groups is 1. The molecular weight excluding hydrogens is 471 g/mol. The van der Waals surface area contributed by atoms with E-state index in [1.54, 1.807) is 18.4 Å². The number of hydrogen-bond donors (Lipinski definition) is 2. The lowest BCUT2D eigenvalue weighted by Crippen LogP contribution is -2.36. The van der Waals surface area contributed by atoms with Crippen molar-refractivity contribution in [2.45, 2.75) is 46.2 Å². The highest BCUT2D eigenvalue weighted by atomic mass is 127. The molecule has 1 saturated heterocycles. The number of rotatable bonds is 5. The summed E-state index contributed by atoms with van der Waals surface area (Å²) in [5.74, 6) is 1.87. The Morgan fingerprint density at radius 1 is 1.19 bits per heavy atom. The predicted molar refractivity (Wildman–Crippen MR) is 124 cm³/mol. The average molecular weight is 500 g/mol. The van der Waals surface area contributed by atoms with Crippen LogP contribution in [0.25, 0.3) is 0 Å². The third kappa shape index (κ3) is 6.31. The minimum Gasteiger partial charge on any atom is -0.357 e. The molecule has 2 aromatic heterocycles. The lowest BCUT2D eigenvalue weighted by atomic mass is 10.1. The highest BCUT2D eigenvalue weighted by Gasteiger charge is 2.12. The Kier molecular flexibility index (Phi) is 8.75. The molecule has 148 valence electrons. The molecular formula is C19H29IN6S. The van der Waals surface area contributed by atoms with Crippen molar-refractivity contribution in [2.75, 3.05) is 25.0 Å². The second kappa shape index (κ2) is 10.8. The summed E-state index contributed by atoms with van der Waals surface area (Å²) < 4.78 is 0. The molecule has 2 aromatic rings. The Balaban J connectivity index is 0.00000261. The third-order valence-electron chi connectivity index (χ3n) is 4.65. The maximum atomic E-state index is 4.56. The molecule has 0 bridgehead atoms. The molecule has 0 atom stereocenters. The molecule has 6 nitrogen and oxygen atoms in total. The zero-order valence-electron chi connectivity index (χ0n) is 16.3. The quantitative estimate of drug-likeness (QED) is 0.373. The number of anilines is 1. The van der Waals surface area contributed by atoms with Gasteiger partial charge in [0, 0.05) is 37.8 Å². The van der Waals surface area contributed by atoms with Gasteiger partial charge in [-0.3, -0.25) is 4.99 Å². The summed E-state index contributed by atoms with van der Waals surface area (Å²) in [6, 6.07) is 4.24. The molecule has 0 aliphatic carbocycles. The van der Waals surface area contributed by atoms with Crippen LogP contribution < -0.4 is 15.5 Å². The van der Waals surface area contributed by atoms with E-state index in [-0.39, 0.29) is 24.0 Å². The first kappa shape index (κ1) is 21.9. The van der Waals surface area contributed by atoms with Crippen molar-refractivity contribution in [1.29, 1.82) is 0 Å². The summed E-state index contributed by atoms with van der Waals surface area (Å²) in [5, 5.41) is 7.79. The normalized spacial score (nSPS) is 14.6. The topological polar surface area (TPSA) is 65.4 Å². The first-order chi connectivity index (χ1) is 12.7. The standard InChI is InChI=1S/C19H28N6S.HI/c1-14-15(2)26-18(24-14)13-23-19(20-3)22-12-16-7-8-21-17(11-16)25-9-5-4-6-10-25;/h7-8,11H,4-6,9-10,12-13H2,1-3H3,(H2,20,22,23);1H. The van der Waals surface area contributed by atoms with Gasteiger partial charge in [0.15, 0.2) is 5.96 Å². The van der Waals surface area contributed by atoms with E-state index >= 15 is 0 Å². The van der Waals surface area contributed by atoms with E-state index in [1.807, 2.05) is 13.1 Å². The van der Waals surface area contributed by atoms with Gasteiger partial charge in [-0.15, -0.1) is 35.3 Å². The Bertz CT molecular complexity index is 735. The van der Waals surface area contributed by atoms with Crippen LogP contribution in [0.2, 0.25) is 0 Å². The molecule has 1 aliphatic heterocycles. The molecule has 2 N–H and O–H groups in total. The van der Waals surface area contributed by atoms with Crippen LogP contribution >= 0.6 is 35.3 Å². The Labute approximate surface area is 182 Å². The fourth-order valence-electron chi connectivity index (χ4n) is 3.05. The van der Waals surface area contributed by atoms with Gasteiger partial charge in [0.05, 0.1) is 12.2 Å². The zero-order chi connectivity index (χ0) is 18.4. The first-order valence-corrected chi connectivity index (χ1v) is 10.0. The van der Waals surface area contributed by atoms with Gasteiger partial charge in [0.1, 0.15) is 10.8 Å². The van der Waals surface area contributed by atoms with Gasteiger partial charge < -0.3 is 15.5 Å². The Hall–Kier alpha value is -1.42. The fraction of sp³-hybridized carbons (Fsp3) is 0.526. The van der Waals surface area contributed by atoms with Gasteiger partial charge in [0.2, 0.25) is 0 Å². The minimum atomic E-state index is 0. The number of thiazole rings is 1. The zero-order valence-corrected chi connectivity index (χ0v) is 19.4. The summed E-state index contributed by atoms with van der Waals surface area (Å²) in [7, 11) is 1.79. The number of aromatic nitrogens is 2. The molecule has 0 aromatic carbocycles. The number of piperidine rings is 1. The van der Waals surface area contributed by atoms with Crippen LogP contribution in [0.3, 0.4) is 0 Å². The number of aryl methyl sites for hydroxylation is 2. The molecule has 0 unspecified atom stereocenters. The van der Waals surface area contributed by atoms with E-state index in [0.717, 1.165) is 42.1 Å². The molecule has 1 fully saturated rings. The van der Waals surface area contributed by atoms with Crippen LogP contribution in [0.4, 0.5) is 5.82 Å². The Morgan fingerprint density at radius 3 is 2.59 bits per heavy atom. The highest BCUT2D eigenvalue weighted by Crippen LogP contribution is 2.18. The first-order valence-electron chi connectivity index (χ1n) is 9.23. The van der Waals surface area contributed by atoms with E-state index in [9.17, 15) is 0 Å². The summed E-state index contributed by atoms with van der Waals surface area (Å²) in [5.41, 5.74) is 2.32. The summed E-state index contributed by atoms with van der Waals surface area (Å²) in [4.78, 5) is 17.1. The molecule has 3 heterocycles. The lowest BCUT2D eigenvalue weighted by Gasteiger charge is -2.28. The van der Waals surface area contributed by atoms with Crippen molar-refractivity contribution in [1.82, 2.24) is 20.6 Å². The van der Waals surface area contributed by atoms with Crippen LogP contribution in [-0.2, 0) is 13.1 Å². The van der Waals surface area contributed by atoms with Crippen LogP contribution in [0.5, 0.6) is 0 Å². The van der Waals surface area contributed by atoms with E-state index in [2.05, 4.69) is 49.6 Å². The van der Waals surface area contributed by atoms with Crippen molar-refractivity contribution in [2.24, 2.45) is 4.99 Å². The number of nitrogens with one attached hydrogen (secondary N) is 2. The van der Waals surface area contributed by atoms with Gasteiger partial charge in [0.25, 0.3) is 0 Å². The summed E-state index contributed by atoms with van der Waals surface area (Å²) >= 11 is 1.73. The van der Waals surface area contributed by atoms with Crippen LogP contribution in [0, 0.1) is 13.8 Å². The maximum absolute atomic E-state index is 4.56. The average Bonchev–Trinajstić information content (AvgIpc) is 3.00. The summed E-state index contributed by atoms with van der Waals surface area (Å²) in [6.07, 6.45) is 5.75. The van der Waals surface area contributed by atoms with Gasteiger partial charge in [-0.05, 0) is 50.8 Å². The van der Waals surface area contributed by atoms with E-state index in [1.165, 1.54) is 29.7 Å². The lowest BCUT2D eigenvalue weighted by molar-refractivity contribution is 0.573. The molecule has 0 radical (unpaired) electrons. The number of hydrogen-bond acceptors (Lipinski definition) is 5. The molecule has 3 rings (SSSR count). The SMILES string of the molecule is CN=C(NCc1ccnc(N2CCCCC2)c1)NCc1nc(C)c(C)s1.I. The highest BCUT2D eigenvalue weighted by molar-refractivity contribution is 14.0. The number of nitrogens with zero attached hydrogens (tertiary/aromatic N) is 4. The number of guanidine groups is 1. The predicted octanol–water partition coefficient (Wildman–Crippen LogP) is 3.63. The second-order valence-corrected chi connectivity index (χ2v) is 7.89. The molecule has 8 heteroatoms. The molecule has 27 heavy (non-hydrogen) atoms. The molecule has 0 amide bonds. The molecule has 1 aliphatic rings. The minimum absolute atomic E-state index is 0. The monoisotopic (exact) mass is 500 g/mol. The number of pyridine rings is 1. The second-order valence-electron chi connectivity index (χ2n) is 6.60. The summed E-state index contributed by atoms with van der Waals surface area (Å²) in [6.45, 7) is 7.78. The van der Waals surface area contributed by atoms with Crippen LogP contribution in [0.1, 0.15) is 40.4 Å². The maximum Gasteiger partial charge on any atom is 0.191 e. The van der Waals surface area contributed by atoms with Crippen molar-refractivity contribution < 1.29 is 0 Å². The van der Waals surface area contributed by atoms with E-state index in [4.69, 9.17) is 0 Å². The Morgan fingerprint density at radius 2 is 1.93 bits per heavy atom. The van der Waals surface area contributed by atoms with Gasteiger partial charge in [-0.1, -0.05) is 0 Å². The van der Waals surface area contributed by atoms with Crippen molar-refractivity contribution in [3.63, 3.8) is 0 Å². The van der Waals surface area contributed by atoms with Gasteiger partial charge in [-0.2, -0.15) is 0 Å². The smallest absolute Gasteiger partial charge is 0.191 e. The largest absolute Gasteiger partial charge is 0.357 e. The fourth-order valence-corrected chi connectivity index (χ4v) is 3.92. The van der Waals surface area contributed by atoms with Crippen molar-refractivity contribution in [3.8, 4) is 0 Å². The molecule has 0 spiro atoms. The van der Waals surface area contributed by atoms with Crippen molar-refractivity contribution >= 4 is 47.1 Å². The van der Waals surface area contributed by atoms with Gasteiger partial charge >= 0.3 is 0 Å². The third-order valence-corrected chi connectivity index (χ3v) is 5.73.